The second-order valence-corrected chi connectivity index (χ2v) is 9.98. The lowest BCUT2D eigenvalue weighted by Crippen LogP contribution is -2.45. The number of nitrogens with zero attached hydrogens (tertiary/aromatic N) is 1. The lowest BCUT2D eigenvalue weighted by Gasteiger charge is -2.26. The van der Waals surface area contributed by atoms with Gasteiger partial charge in [0.05, 0.1) is 24.6 Å². The Labute approximate surface area is 225 Å². The Hall–Kier alpha value is -3.39. The van der Waals surface area contributed by atoms with Crippen LogP contribution in [0.15, 0.2) is 55.8 Å². The Morgan fingerprint density at radius 1 is 1.21 bits per heavy atom. The smallest absolute Gasteiger partial charge is 0.305 e. The zero-order valence-corrected chi connectivity index (χ0v) is 22.2. The van der Waals surface area contributed by atoms with Crippen LogP contribution < -0.4 is 5.32 Å². The first-order valence-corrected chi connectivity index (χ1v) is 13.6. The van der Waals surface area contributed by atoms with Gasteiger partial charge in [0, 0.05) is 36.5 Å². The fourth-order valence-corrected chi connectivity index (χ4v) is 5.03. The average Bonchev–Trinajstić information content (AvgIpc) is 3.57. The number of aliphatic hydroxyl groups excluding tert-OH is 1. The second-order valence-electron chi connectivity index (χ2n) is 9.98. The third-order valence-electron chi connectivity index (χ3n) is 7.12. The quantitative estimate of drug-likeness (QED) is 0.175. The van der Waals surface area contributed by atoms with Crippen LogP contribution in [0.4, 0.5) is 0 Å². The van der Waals surface area contributed by atoms with Crippen molar-refractivity contribution in [2.45, 2.75) is 69.9 Å². The largest absolute Gasteiger partial charge is 0.463 e. The third kappa shape index (κ3) is 8.31. The highest BCUT2D eigenvalue weighted by Crippen LogP contribution is 2.22. The summed E-state index contributed by atoms with van der Waals surface area (Å²) in [5.41, 5.74) is 2.00. The molecule has 1 aromatic carbocycles. The number of rotatable bonds is 16. The van der Waals surface area contributed by atoms with Gasteiger partial charge in [0.1, 0.15) is 6.61 Å². The lowest BCUT2D eigenvalue weighted by atomic mass is 9.97. The van der Waals surface area contributed by atoms with Crippen molar-refractivity contribution in [3.05, 3.63) is 61.3 Å². The topological polar surface area (TPSA) is 112 Å². The standard InChI is InChI=1S/C30H41N3O5/c1-3-5-6-7-15-29(36)38-21-24(17-23-19-31-27-14-9-8-13-26(23)27)32-30(37)22(11-4-2)18-28(35)33-16-10-12-25(33)20-34/h3-4,8-9,13-14,19,22,24-25,31,34H,1-2,5-7,10-12,15-18,20-21H2,(H,32,37)/t22-,24+,25+/m1/s1. The number of aromatic amines is 1. The number of hydrogen-bond donors (Lipinski definition) is 3. The predicted molar refractivity (Wildman–Crippen MR) is 148 cm³/mol. The maximum absolute atomic E-state index is 13.4. The summed E-state index contributed by atoms with van der Waals surface area (Å²) in [6.07, 6.45) is 10.6. The minimum absolute atomic E-state index is 0.0389. The van der Waals surface area contributed by atoms with Gasteiger partial charge in [0.25, 0.3) is 0 Å². The first-order chi connectivity index (χ1) is 18.5. The zero-order valence-electron chi connectivity index (χ0n) is 22.2. The zero-order chi connectivity index (χ0) is 27.3. The molecule has 0 radical (unpaired) electrons. The van der Waals surface area contributed by atoms with Crippen molar-refractivity contribution >= 4 is 28.7 Å². The molecule has 2 aromatic rings. The third-order valence-corrected chi connectivity index (χ3v) is 7.12. The number of benzene rings is 1. The van der Waals surface area contributed by atoms with E-state index in [9.17, 15) is 19.5 Å². The van der Waals surface area contributed by atoms with Crippen LogP contribution in [0.25, 0.3) is 10.9 Å². The molecule has 38 heavy (non-hydrogen) atoms. The highest BCUT2D eigenvalue weighted by atomic mass is 16.5. The van der Waals surface area contributed by atoms with Gasteiger partial charge in [-0.1, -0.05) is 30.4 Å². The molecule has 0 bridgehead atoms. The Morgan fingerprint density at radius 2 is 2.03 bits per heavy atom. The van der Waals surface area contributed by atoms with E-state index >= 15 is 0 Å². The number of hydrogen-bond acceptors (Lipinski definition) is 5. The summed E-state index contributed by atoms with van der Waals surface area (Å²) in [5, 5.41) is 13.7. The van der Waals surface area contributed by atoms with Crippen LogP contribution in [0.5, 0.6) is 0 Å². The summed E-state index contributed by atoms with van der Waals surface area (Å²) in [7, 11) is 0. The van der Waals surface area contributed by atoms with Crippen molar-refractivity contribution in [2.24, 2.45) is 5.92 Å². The molecule has 3 rings (SSSR count). The molecule has 8 heteroatoms. The van der Waals surface area contributed by atoms with E-state index in [-0.39, 0.29) is 43.5 Å². The highest BCUT2D eigenvalue weighted by molar-refractivity contribution is 5.87. The molecule has 3 N–H and O–H groups in total. The van der Waals surface area contributed by atoms with E-state index in [4.69, 9.17) is 4.74 Å². The maximum Gasteiger partial charge on any atom is 0.305 e. The number of ether oxygens (including phenoxy) is 1. The van der Waals surface area contributed by atoms with Crippen molar-refractivity contribution < 1.29 is 24.2 Å². The average molecular weight is 524 g/mol. The van der Waals surface area contributed by atoms with Gasteiger partial charge < -0.3 is 25.0 Å². The summed E-state index contributed by atoms with van der Waals surface area (Å²) in [4.78, 5) is 43.6. The Bertz CT molecular complexity index is 1090. The van der Waals surface area contributed by atoms with Gasteiger partial charge in [-0.2, -0.15) is 0 Å². The number of aromatic nitrogens is 1. The fourth-order valence-electron chi connectivity index (χ4n) is 5.03. The Balaban J connectivity index is 1.68. The van der Waals surface area contributed by atoms with Gasteiger partial charge in [0.2, 0.25) is 11.8 Å². The van der Waals surface area contributed by atoms with Crippen LogP contribution in [0.1, 0.15) is 56.9 Å². The molecule has 0 spiro atoms. The number of amides is 2. The van der Waals surface area contributed by atoms with Crippen molar-refractivity contribution in [3.63, 3.8) is 0 Å². The van der Waals surface area contributed by atoms with Gasteiger partial charge in [-0.3, -0.25) is 14.4 Å². The number of H-pyrrole nitrogens is 1. The van der Waals surface area contributed by atoms with E-state index in [1.807, 2.05) is 36.5 Å². The van der Waals surface area contributed by atoms with Crippen LogP contribution in [-0.2, 0) is 25.5 Å². The number of unbranched alkanes of at least 4 members (excludes halogenated alkanes) is 2. The van der Waals surface area contributed by atoms with Gasteiger partial charge in [-0.25, -0.2) is 0 Å². The second kappa shape index (κ2) is 15.1. The first-order valence-electron chi connectivity index (χ1n) is 13.6. The van der Waals surface area contributed by atoms with Gasteiger partial charge in [0.15, 0.2) is 0 Å². The van der Waals surface area contributed by atoms with Crippen LogP contribution in [0.3, 0.4) is 0 Å². The number of allylic oxidation sites excluding steroid dienone is 2. The minimum atomic E-state index is -0.597. The van der Waals surface area contributed by atoms with E-state index in [0.29, 0.717) is 25.8 Å². The molecule has 2 heterocycles. The molecular formula is C30H41N3O5. The number of likely N-dealkylation sites (tertiary alicyclic amines) is 1. The summed E-state index contributed by atoms with van der Waals surface area (Å²) in [6, 6.07) is 7.26. The number of carbonyl (C=O) groups is 3. The SMILES string of the molecule is C=CCCCCC(=O)OC[C@H](Cc1c[nH]c2ccccc12)NC(=O)[C@H](CC=C)CC(=O)N1CCC[C@H]1CO. The molecule has 0 saturated carbocycles. The molecule has 1 fully saturated rings. The molecule has 1 aliphatic heterocycles. The van der Waals surface area contributed by atoms with Crippen LogP contribution in [0, 0.1) is 5.92 Å². The summed E-state index contributed by atoms with van der Waals surface area (Å²) in [6.45, 7) is 8.03. The monoisotopic (exact) mass is 523 g/mol. The Morgan fingerprint density at radius 3 is 2.79 bits per heavy atom. The number of esters is 1. The van der Waals surface area contributed by atoms with E-state index in [1.54, 1.807) is 11.0 Å². The van der Waals surface area contributed by atoms with Crippen molar-refractivity contribution in [1.29, 1.82) is 0 Å². The van der Waals surface area contributed by atoms with E-state index in [1.165, 1.54) is 0 Å². The number of aliphatic hydroxyl groups is 1. The van der Waals surface area contributed by atoms with Gasteiger partial charge >= 0.3 is 5.97 Å². The molecule has 1 saturated heterocycles. The normalized spacial score (nSPS) is 16.7. The molecule has 8 nitrogen and oxygen atoms in total. The van der Waals surface area contributed by atoms with Gasteiger partial charge in [-0.05, 0) is 56.6 Å². The fraction of sp³-hybridized carbons (Fsp3) is 0.500. The number of para-hydroxylation sites is 1. The molecule has 1 aromatic heterocycles. The molecule has 3 atom stereocenters. The van der Waals surface area contributed by atoms with E-state index in [2.05, 4.69) is 23.5 Å². The van der Waals surface area contributed by atoms with Crippen LogP contribution >= 0.6 is 0 Å². The van der Waals surface area contributed by atoms with E-state index in [0.717, 1.165) is 48.6 Å². The predicted octanol–water partition coefficient (Wildman–Crippen LogP) is 4.05. The van der Waals surface area contributed by atoms with Crippen LogP contribution in [0.2, 0.25) is 0 Å². The van der Waals surface area contributed by atoms with Crippen LogP contribution in [-0.4, -0.2) is 64.6 Å². The van der Waals surface area contributed by atoms with Crippen molar-refractivity contribution in [2.75, 3.05) is 19.8 Å². The maximum atomic E-state index is 13.4. The summed E-state index contributed by atoms with van der Waals surface area (Å²) >= 11 is 0. The van der Waals surface area contributed by atoms with E-state index < -0.39 is 12.0 Å². The number of nitrogens with one attached hydrogen (secondary N) is 2. The van der Waals surface area contributed by atoms with Crippen molar-refractivity contribution in [3.8, 4) is 0 Å². The first kappa shape index (κ1) is 29.2. The number of fused-ring (bicyclic) bond motifs is 1. The molecule has 0 unspecified atom stereocenters. The highest BCUT2D eigenvalue weighted by Gasteiger charge is 2.31. The summed E-state index contributed by atoms with van der Waals surface area (Å²) < 4.78 is 5.56. The molecule has 0 aliphatic carbocycles. The number of carbonyl (C=O) groups excluding carboxylic acids is 3. The molecule has 206 valence electrons. The molecule has 2 amide bonds. The molecular weight excluding hydrogens is 482 g/mol. The Kier molecular flexibility index (Phi) is 11.6. The summed E-state index contributed by atoms with van der Waals surface area (Å²) in [5.74, 6) is -1.30. The lowest BCUT2D eigenvalue weighted by molar-refractivity contribution is -0.145. The minimum Gasteiger partial charge on any atom is -0.463 e. The molecule has 1 aliphatic rings. The van der Waals surface area contributed by atoms with Crippen molar-refractivity contribution in [1.82, 2.24) is 15.2 Å². The van der Waals surface area contributed by atoms with Gasteiger partial charge in [-0.15, -0.1) is 13.2 Å².